The Morgan fingerprint density at radius 2 is 0.814 bits per heavy atom. The Labute approximate surface area is 403 Å². The highest BCUT2D eigenvalue weighted by molar-refractivity contribution is 6.18. The number of benzene rings is 6. The molecule has 4 heterocycles. The Balaban J connectivity index is 1.15. The average molecular weight is 943 g/mol. The molecule has 2 fully saturated rings. The molecule has 0 bridgehead atoms. The summed E-state index contributed by atoms with van der Waals surface area (Å²) in [4.78, 5) is 20.5. The third-order valence-electron chi connectivity index (χ3n) is 12.5. The molecule has 2 aromatic heterocycles. The van der Waals surface area contributed by atoms with Crippen molar-refractivity contribution in [3.05, 3.63) is 145 Å². The summed E-state index contributed by atoms with van der Waals surface area (Å²) in [5, 5.41) is 50.4. The normalized spacial score (nSPS) is 14.4. The number of nitrogens with zero attached hydrogens (tertiary/aromatic N) is 4. The van der Waals surface area contributed by atoms with E-state index >= 15 is 4.79 Å². The molecule has 0 amide bonds. The number of carbonyl (C=O) groups excluding carboxylic acids is 1. The molecule has 15 nitrogen and oxygen atoms in total. The Morgan fingerprint density at radius 1 is 0.471 bits per heavy atom. The lowest BCUT2D eigenvalue weighted by Crippen LogP contribution is -2.38. The Hall–Kier alpha value is -7.95. The number of ether oxygens (including phenoxy) is 4. The second kappa shape index (κ2) is 20.7. The van der Waals surface area contributed by atoms with Crippen LogP contribution in [0.25, 0.3) is 67.4 Å². The molecule has 0 atom stereocenters. The van der Waals surface area contributed by atoms with E-state index in [0.29, 0.717) is 132 Å². The van der Waals surface area contributed by atoms with Gasteiger partial charge in [-0.05, 0) is 133 Å². The van der Waals surface area contributed by atoms with E-state index in [4.69, 9.17) is 28.0 Å². The lowest BCUT2D eigenvalue weighted by Gasteiger charge is -2.26. The zero-order chi connectivity index (χ0) is 48.0. The van der Waals surface area contributed by atoms with Crippen molar-refractivity contribution in [2.45, 2.75) is 0 Å². The predicted octanol–water partition coefficient (Wildman–Crippen LogP) is 9.14. The fourth-order valence-electron chi connectivity index (χ4n) is 8.75. The van der Waals surface area contributed by atoms with Gasteiger partial charge >= 0.3 is 0 Å². The molecule has 0 radical (unpaired) electrons. The van der Waals surface area contributed by atoms with Crippen LogP contribution in [0.5, 0.6) is 34.5 Å². The third kappa shape index (κ3) is 10.1. The molecule has 356 valence electrons. The Morgan fingerprint density at radius 3 is 1.17 bits per heavy atom. The van der Waals surface area contributed by atoms with Crippen LogP contribution in [0.1, 0.15) is 15.9 Å². The fourth-order valence-corrected chi connectivity index (χ4v) is 8.75. The van der Waals surface area contributed by atoms with Gasteiger partial charge in [0.05, 0.1) is 37.6 Å². The van der Waals surface area contributed by atoms with Crippen LogP contribution in [0.2, 0.25) is 0 Å². The summed E-state index contributed by atoms with van der Waals surface area (Å²) in [6.45, 7) is 7.87. The molecule has 4 N–H and O–H groups in total. The van der Waals surface area contributed by atoms with Crippen LogP contribution in [0.3, 0.4) is 0 Å². The first-order valence-electron chi connectivity index (χ1n) is 23.1. The minimum Gasteiger partial charge on any atom is -0.508 e. The summed E-state index contributed by atoms with van der Waals surface area (Å²) < 4.78 is 36.3. The van der Waals surface area contributed by atoms with E-state index in [0.717, 1.165) is 26.2 Å². The number of phenolic OH excluding ortho intramolecular Hbond substituents is 4. The highest BCUT2D eigenvalue weighted by Crippen LogP contribution is 2.47. The molecule has 6 aromatic carbocycles. The van der Waals surface area contributed by atoms with Crippen molar-refractivity contribution in [1.29, 1.82) is 0 Å². The van der Waals surface area contributed by atoms with Gasteiger partial charge in [-0.15, -0.1) is 0 Å². The largest absolute Gasteiger partial charge is 0.508 e. The number of carbonyl (C=O) groups is 1. The van der Waals surface area contributed by atoms with E-state index in [9.17, 15) is 20.4 Å². The van der Waals surface area contributed by atoms with Crippen LogP contribution in [-0.2, 0) is 9.47 Å². The van der Waals surface area contributed by atoms with Gasteiger partial charge in [-0.3, -0.25) is 14.6 Å². The van der Waals surface area contributed by atoms with E-state index < -0.39 is 0 Å². The summed E-state index contributed by atoms with van der Waals surface area (Å²) in [5.41, 5.74) is 5.59. The summed E-state index contributed by atoms with van der Waals surface area (Å²) >= 11 is 0. The fraction of sp³-hybridized carbons (Fsp3) is 0.218. The molecular weight excluding hydrogens is 893 g/mol. The topological polar surface area (TPSA) is 193 Å². The van der Waals surface area contributed by atoms with Gasteiger partial charge in [0.25, 0.3) is 0 Å². The van der Waals surface area contributed by atoms with Crippen molar-refractivity contribution in [1.82, 2.24) is 20.1 Å². The van der Waals surface area contributed by atoms with E-state index in [1.54, 1.807) is 121 Å². The van der Waals surface area contributed by atoms with Crippen molar-refractivity contribution in [3.8, 4) is 102 Å². The lowest BCUT2D eigenvalue weighted by atomic mass is 9.86. The quantitative estimate of drug-likeness (QED) is 0.0670. The highest BCUT2D eigenvalue weighted by atomic mass is 16.5. The Kier molecular flexibility index (Phi) is 13.6. The van der Waals surface area contributed by atoms with Crippen LogP contribution >= 0.6 is 0 Å². The monoisotopic (exact) mass is 942 g/mol. The van der Waals surface area contributed by atoms with Gasteiger partial charge in [0, 0.05) is 83.8 Å². The molecule has 10 rings (SSSR count). The molecule has 0 spiro atoms. The van der Waals surface area contributed by atoms with Crippen molar-refractivity contribution in [2.75, 3.05) is 78.9 Å². The number of ketones is 1. The summed E-state index contributed by atoms with van der Waals surface area (Å²) in [7, 11) is 0. The van der Waals surface area contributed by atoms with E-state index in [1.807, 2.05) is 12.1 Å². The molecule has 0 aliphatic carbocycles. The second-order valence-corrected chi connectivity index (χ2v) is 17.0. The summed E-state index contributed by atoms with van der Waals surface area (Å²) in [6, 6.07) is 36.8. The first-order chi connectivity index (χ1) is 34.3. The van der Waals surface area contributed by atoms with Crippen LogP contribution in [0.4, 0.5) is 0 Å². The molecule has 0 saturated carbocycles. The number of rotatable bonds is 16. The maximum absolute atomic E-state index is 16.0. The molecule has 70 heavy (non-hydrogen) atoms. The minimum absolute atomic E-state index is 0.0586. The maximum atomic E-state index is 16.0. The van der Waals surface area contributed by atoms with Crippen LogP contribution < -0.4 is 9.47 Å². The maximum Gasteiger partial charge on any atom is 0.194 e. The summed E-state index contributed by atoms with van der Waals surface area (Å²) in [6.07, 6.45) is 0. The van der Waals surface area contributed by atoms with Gasteiger partial charge in [-0.2, -0.15) is 0 Å². The highest BCUT2D eigenvalue weighted by Gasteiger charge is 2.31. The number of phenols is 4. The van der Waals surface area contributed by atoms with Gasteiger partial charge in [0.15, 0.2) is 17.3 Å². The van der Waals surface area contributed by atoms with Crippen LogP contribution in [0, 0.1) is 0 Å². The molecule has 2 aliphatic rings. The summed E-state index contributed by atoms with van der Waals surface area (Å²) in [5.74, 6) is 1.52. The zero-order valence-corrected chi connectivity index (χ0v) is 38.1. The SMILES string of the molecule is O=C(c1ccc(OCCN2CCOCC2)cc1-c1c(-c2ccc(O)cc2)noc1-c1ccc(O)cc1)c1ccc(OCCN2CCOCC2)cc1-c1c(-c2ccc(O)cc2)noc1-c1ccc(O)cc1. The zero-order valence-electron chi connectivity index (χ0n) is 38.1. The van der Waals surface area contributed by atoms with E-state index in [-0.39, 0.29) is 39.9 Å². The van der Waals surface area contributed by atoms with E-state index in [1.165, 1.54) is 0 Å². The minimum atomic E-state index is -0.381. The van der Waals surface area contributed by atoms with Gasteiger partial charge in [-0.25, -0.2) is 0 Å². The molecule has 15 heteroatoms. The number of aromatic nitrogens is 2. The van der Waals surface area contributed by atoms with Crippen LogP contribution in [-0.4, -0.2) is 125 Å². The second-order valence-electron chi connectivity index (χ2n) is 17.0. The van der Waals surface area contributed by atoms with Crippen molar-refractivity contribution >= 4 is 5.78 Å². The Bertz CT molecular complexity index is 2730. The van der Waals surface area contributed by atoms with Gasteiger partial charge in [0.1, 0.15) is 59.1 Å². The van der Waals surface area contributed by atoms with Crippen molar-refractivity contribution in [2.24, 2.45) is 0 Å². The van der Waals surface area contributed by atoms with E-state index in [2.05, 4.69) is 20.1 Å². The molecule has 2 saturated heterocycles. The smallest absolute Gasteiger partial charge is 0.194 e. The van der Waals surface area contributed by atoms with Gasteiger partial charge in [-0.1, -0.05) is 10.3 Å². The molecule has 2 aliphatic heterocycles. The van der Waals surface area contributed by atoms with Gasteiger partial charge < -0.3 is 48.4 Å². The molecule has 8 aromatic rings. The number of aromatic hydroxyl groups is 4. The average Bonchev–Trinajstić information content (AvgIpc) is 4.04. The third-order valence-corrected chi connectivity index (χ3v) is 12.5. The standard InChI is InChI=1S/C55H50N4O11/c60-39-9-1-35(2-10-39)51-49(54(69-56-51)37-5-13-41(62)14-6-37)47-33-43(67-31-25-58-21-27-65-28-22-58)17-19-45(47)53(64)46-20-18-44(68-32-26-59-23-29-66-30-24-59)34-48(46)50-52(36-3-11-40(61)12-4-36)57-70-55(50)38-7-15-42(63)16-8-38/h1-20,33-34,60-63H,21-32H2. The molecular formula is C55H50N4O11. The van der Waals surface area contributed by atoms with Crippen molar-refractivity contribution in [3.63, 3.8) is 0 Å². The number of morpholine rings is 2. The first-order valence-corrected chi connectivity index (χ1v) is 23.1. The number of hydrogen-bond acceptors (Lipinski definition) is 15. The lowest BCUT2D eigenvalue weighted by molar-refractivity contribution is 0.0322. The van der Waals surface area contributed by atoms with Crippen molar-refractivity contribution < 1.29 is 53.2 Å². The first kappa shape index (κ1) is 45.8. The van der Waals surface area contributed by atoms with Crippen LogP contribution in [0.15, 0.2) is 143 Å². The molecule has 0 unspecified atom stereocenters. The predicted molar refractivity (Wildman–Crippen MR) is 261 cm³/mol. The van der Waals surface area contributed by atoms with Gasteiger partial charge in [0.2, 0.25) is 0 Å². The number of hydrogen-bond donors (Lipinski definition) is 4.